The van der Waals surface area contributed by atoms with Gasteiger partial charge in [0.2, 0.25) is 0 Å². The fourth-order valence-corrected chi connectivity index (χ4v) is 3.20. The Balaban J connectivity index is 2.20. The molecule has 0 aliphatic heterocycles. The number of nitrogens with one attached hydrogen (secondary N) is 1. The molecule has 0 unspecified atom stereocenters. The van der Waals surface area contributed by atoms with Crippen LogP contribution in [0.1, 0.15) is 44.2 Å². The van der Waals surface area contributed by atoms with Crippen LogP contribution in [0.2, 0.25) is 0 Å². The number of methoxy groups -OCH3 is 1. The van der Waals surface area contributed by atoms with Gasteiger partial charge < -0.3 is 10.1 Å². The number of hydrogen-bond donors (Lipinski definition) is 1. The minimum atomic E-state index is -0.297. The first-order valence-corrected chi connectivity index (χ1v) is 7.65. The van der Waals surface area contributed by atoms with Crippen LogP contribution in [0.3, 0.4) is 0 Å². The van der Waals surface area contributed by atoms with Crippen molar-refractivity contribution < 1.29 is 9.13 Å². The third-order valence-corrected chi connectivity index (χ3v) is 4.22. The Kier molecular flexibility index (Phi) is 3.95. The normalized spacial score (nSPS) is 15.6. The average molecular weight is 288 g/mol. The molecule has 1 fully saturated rings. The topological polar surface area (TPSA) is 34.2 Å². The van der Waals surface area contributed by atoms with Crippen molar-refractivity contribution in [3.8, 4) is 5.75 Å². The van der Waals surface area contributed by atoms with Gasteiger partial charge in [-0.15, -0.1) is 0 Å². The maximum atomic E-state index is 13.8. The molecule has 1 aliphatic rings. The van der Waals surface area contributed by atoms with Crippen molar-refractivity contribution >= 4 is 16.6 Å². The summed E-state index contributed by atoms with van der Waals surface area (Å²) in [6.45, 7) is 2.83. The summed E-state index contributed by atoms with van der Waals surface area (Å²) in [6, 6.07) is 5.02. The van der Waals surface area contributed by atoms with Gasteiger partial charge in [-0.3, -0.25) is 0 Å². The summed E-state index contributed by atoms with van der Waals surface area (Å²) in [5, 5.41) is 4.12. The molecule has 2 aromatic rings. The van der Waals surface area contributed by atoms with E-state index in [4.69, 9.17) is 9.72 Å². The quantitative estimate of drug-likeness (QED) is 0.901. The van der Waals surface area contributed by atoms with Crippen molar-refractivity contribution in [2.75, 3.05) is 19.0 Å². The number of nitrogens with zero attached hydrogens (tertiary/aromatic N) is 1. The van der Waals surface area contributed by atoms with Crippen molar-refractivity contribution in [1.82, 2.24) is 4.98 Å². The van der Waals surface area contributed by atoms with Crippen LogP contribution in [0, 0.1) is 5.82 Å². The zero-order valence-electron chi connectivity index (χ0n) is 12.6. The molecule has 1 N–H and O–H groups in total. The van der Waals surface area contributed by atoms with Crippen molar-refractivity contribution in [2.24, 2.45) is 0 Å². The van der Waals surface area contributed by atoms with Crippen LogP contribution in [-0.2, 0) is 0 Å². The highest BCUT2D eigenvalue weighted by Gasteiger charge is 2.21. The Hall–Kier alpha value is -1.84. The van der Waals surface area contributed by atoms with E-state index in [9.17, 15) is 4.39 Å². The van der Waals surface area contributed by atoms with Crippen molar-refractivity contribution in [3.05, 3.63) is 29.7 Å². The highest BCUT2D eigenvalue weighted by atomic mass is 19.1. The molecule has 0 saturated heterocycles. The first-order chi connectivity index (χ1) is 10.2. The first kappa shape index (κ1) is 14.1. The van der Waals surface area contributed by atoms with Crippen molar-refractivity contribution in [1.29, 1.82) is 0 Å². The van der Waals surface area contributed by atoms with Crippen LogP contribution in [0.25, 0.3) is 10.9 Å². The molecule has 0 amide bonds. The molecule has 112 valence electrons. The van der Waals surface area contributed by atoms with Gasteiger partial charge in [0.15, 0.2) is 0 Å². The largest absolute Gasteiger partial charge is 0.494 e. The number of benzene rings is 1. The molecule has 0 spiro atoms. The second kappa shape index (κ2) is 5.88. The Morgan fingerprint density at radius 1 is 1.29 bits per heavy atom. The standard InChI is InChI=1S/C17H21FN2O/c1-3-19-15-10-14(11-6-4-5-7-11)20-17-13(15)8-12(18)9-16(17)21-2/h8-11H,3-7H2,1-2H3,(H,19,20). The number of aromatic nitrogens is 1. The molecular weight excluding hydrogens is 267 g/mol. The van der Waals surface area contributed by atoms with Gasteiger partial charge in [-0.2, -0.15) is 0 Å². The summed E-state index contributed by atoms with van der Waals surface area (Å²) >= 11 is 0. The summed E-state index contributed by atoms with van der Waals surface area (Å²) in [4.78, 5) is 4.78. The van der Waals surface area contributed by atoms with E-state index in [1.165, 1.54) is 37.8 Å². The zero-order valence-corrected chi connectivity index (χ0v) is 12.6. The molecule has 1 aliphatic carbocycles. The van der Waals surface area contributed by atoms with E-state index in [-0.39, 0.29) is 5.82 Å². The SMILES string of the molecule is CCNc1cc(C2CCCC2)nc2c(OC)cc(F)cc12. The fraction of sp³-hybridized carbons (Fsp3) is 0.471. The summed E-state index contributed by atoms with van der Waals surface area (Å²) in [6.07, 6.45) is 4.91. The van der Waals surface area contributed by atoms with E-state index in [2.05, 4.69) is 11.4 Å². The summed E-state index contributed by atoms with van der Waals surface area (Å²) < 4.78 is 19.1. The maximum Gasteiger partial charge on any atom is 0.148 e. The molecule has 3 nitrogen and oxygen atoms in total. The lowest BCUT2D eigenvalue weighted by atomic mass is 10.0. The minimum absolute atomic E-state index is 0.297. The van der Waals surface area contributed by atoms with Gasteiger partial charge >= 0.3 is 0 Å². The Labute approximate surface area is 124 Å². The van der Waals surface area contributed by atoms with Gasteiger partial charge in [0.05, 0.1) is 7.11 Å². The van der Waals surface area contributed by atoms with Crippen LogP contribution >= 0.6 is 0 Å². The van der Waals surface area contributed by atoms with E-state index in [1.807, 2.05) is 6.92 Å². The van der Waals surface area contributed by atoms with Crippen LogP contribution in [0.15, 0.2) is 18.2 Å². The second-order valence-electron chi connectivity index (χ2n) is 5.61. The van der Waals surface area contributed by atoms with Gasteiger partial charge in [-0.1, -0.05) is 12.8 Å². The summed E-state index contributed by atoms with van der Waals surface area (Å²) in [5.74, 6) is 0.722. The number of anilines is 1. The summed E-state index contributed by atoms with van der Waals surface area (Å²) in [7, 11) is 1.56. The molecule has 0 bridgehead atoms. The molecule has 3 rings (SSSR count). The van der Waals surface area contributed by atoms with Crippen LogP contribution in [-0.4, -0.2) is 18.6 Å². The first-order valence-electron chi connectivity index (χ1n) is 7.65. The lowest BCUT2D eigenvalue weighted by molar-refractivity contribution is 0.415. The van der Waals surface area contributed by atoms with Gasteiger partial charge in [0, 0.05) is 35.3 Å². The molecule has 1 heterocycles. The molecule has 0 radical (unpaired) electrons. The van der Waals surface area contributed by atoms with Gasteiger partial charge in [-0.25, -0.2) is 9.37 Å². The van der Waals surface area contributed by atoms with E-state index in [1.54, 1.807) is 7.11 Å². The van der Waals surface area contributed by atoms with Crippen LogP contribution in [0.4, 0.5) is 10.1 Å². The predicted octanol–water partition coefficient (Wildman–Crippen LogP) is 4.47. The number of pyridine rings is 1. The van der Waals surface area contributed by atoms with E-state index in [0.29, 0.717) is 11.7 Å². The number of hydrogen-bond acceptors (Lipinski definition) is 3. The smallest absolute Gasteiger partial charge is 0.148 e. The fourth-order valence-electron chi connectivity index (χ4n) is 3.20. The predicted molar refractivity (Wildman–Crippen MR) is 83.6 cm³/mol. The third-order valence-electron chi connectivity index (χ3n) is 4.22. The monoisotopic (exact) mass is 288 g/mol. The van der Waals surface area contributed by atoms with E-state index < -0.39 is 0 Å². The molecule has 1 aromatic carbocycles. The van der Waals surface area contributed by atoms with Gasteiger partial charge in [0.1, 0.15) is 17.1 Å². The average Bonchev–Trinajstić information content (AvgIpc) is 3.01. The number of fused-ring (bicyclic) bond motifs is 1. The maximum absolute atomic E-state index is 13.8. The Morgan fingerprint density at radius 2 is 2.05 bits per heavy atom. The molecule has 0 atom stereocenters. The number of ether oxygens (including phenoxy) is 1. The molecule has 21 heavy (non-hydrogen) atoms. The second-order valence-corrected chi connectivity index (χ2v) is 5.61. The number of halogens is 1. The van der Waals surface area contributed by atoms with E-state index >= 15 is 0 Å². The van der Waals surface area contributed by atoms with Crippen molar-refractivity contribution in [3.63, 3.8) is 0 Å². The Morgan fingerprint density at radius 3 is 2.71 bits per heavy atom. The highest BCUT2D eigenvalue weighted by molar-refractivity contribution is 5.95. The third kappa shape index (κ3) is 2.67. The van der Waals surface area contributed by atoms with Gasteiger partial charge in [-0.05, 0) is 31.9 Å². The highest BCUT2D eigenvalue weighted by Crippen LogP contribution is 2.38. The minimum Gasteiger partial charge on any atom is -0.494 e. The molecule has 4 heteroatoms. The van der Waals surface area contributed by atoms with E-state index in [0.717, 1.165) is 28.8 Å². The molecular formula is C17H21FN2O. The van der Waals surface area contributed by atoms with Gasteiger partial charge in [0.25, 0.3) is 0 Å². The van der Waals surface area contributed by atoms with Crippen LogP contribution < -0.4 is 10.1 Å². The lowest BCUT2D eigenvalue weighted by Gasteiger charge is -2.16. The summed E-state index contributed by atoms with van der Waals surface area (Å²) in [5.41, 5.74) is 2.79. The van der Waals surface area contributed by atoms with Crippen LogP contribution in [0.5, 0.6) is 5.75 Å². The number of rotatable bonds is 4. The van der Waals surface area contributed by atoms with Crippen molar-refractivity contribution in [2.45, 2.75) is 38.5 Å². The molecule has 1 aromatic heterocycles. The molecule has 1 saturated carbocycles. The zero-order chi connectivity index (χ0) is 14.8. The lowest BCUT2D eigenvalue weighted by Crippen LogP contribution is -2.04. The Bertz CT molecular complexity index is 651.